The van der Waals surface area contributed by atoms with Crippen molar-refractivity contribution in [2.75, 3.05) is 0 Å². The van der Waals surface area contributed by atoms with E-state index in [0.717, 1.165) is 17.3 Å². The number of nitrogens with two attached hydrogens (primary N) is 1. The number of carbonyl (C=O) groups is 1. The molecule has 0 aromatic rings. The minimum Gasteiger partial charge on any atom is -0.329 e. The molecule has 0 aromatic heterocycles. The number of allylic oxidation sites excluding steroid dienone is 1. The summed E-state index contributed by atoms with van der Waals surface area (Å²) in [4.78, 5) is 11.1. The molecule has 5 heteroatoms. The van der Waals surface area contributed by atoms with Gasteiger partial charge in [-0.1, -0.05) is 75.8 Å². The van der Waals surface area contributed by atoms with E-state index in [2.05, 4.69) is 5.32 Å². The van der Waals surface area contributed by atoms with Crippen molar-refractivity contribution in [2.24, 2.45) is 5.84 Å². The predicted octanol–water partition coefficient (Wildman–Crippen LogP) is 4.25. The van der Waals surface area contributed by atoms with E-state index in [1.54, 1.807) is 0 Å². The SMILES string of the molecule is CC(=O)N/C(C)=C/N(N)C1CCC(BC2CCCCCCCC2)CC1. The quantitative estimate of drug-likeness (QED) is 0.444. The molecule has 3 N–H and O–H groups in total. The number of carbonyl (C=O) groups excluding carboxylic acids is 1. The van der Waals surface area contributed by atoms with Crippen LogP contribution < -0.4 is 11.2 Å². The molecule has 0 spiro atoms. The van der Waals surface area contributed by atoms with Crippen LogP contribution in [-0.2, 0) is 4.79 Å². The molecule has 2 aliphatic rings. The molecule has 2 saturated carbocycles. The van der Waals surface area contributed by atoms with Crippen molar-refractivity contribution in [3.8, 4) is 0 Å². The van der Waals surface area contributed by atoms with E-state index in [-0.39, 0.29) is 5.91 Å². The second kappa shape index (κ2) is 10.9. The van der Waals surface area contributed by atoms with E-state index in [1.807, 2.05) is 18.1 Å². The average Bonchev–Trinajstić information content (AvgIpc) is 2.68. The summed E-state index contributed by atoms with van der Waals surface area (Å²) in [5, 5.41) is 4.61. The molecule has 1 amide bonds. The van der Waals surface area contributed by atoms with Gasteiger partial charge in [-0.3, -0.25) is 4.79 Å². The fraction of sp³-hybridized carbons (Fsp3) is 0.850. The number of nitrogens with zero attached hydrogens (tertiary/aromatic N) is 1. The fourth-order valence-corrected chi connectivity index (χ4v) is 4.74. The summed E-state index contributed by atoms with van der Waals surface area (Å²) in [5.41, 5.74) is 0.822. The molecular weight excluding hydrogens is 309 g/mol. The highest BCUT2D eigenvalue weighted by Crippen LogP contribution is 2.36. The van der Waals surface area contributed by atoms with E-state index in [1.165, 1.54) is 91.3 Å². The monoisotopic (exact) mass is 347 g/mol. The van der Waals surface area contributed by atoms with Crippen LogP contribution in [0.25, 0.3) is 0 Å². The molecule has 2 aliphatic carbocycles. The van der Waals surface area contributed by atoms with Crippen LogP contribution in [-0.4, -0.2) is 24.2 Å². The molecule has 2 fully saturated rings. The summed E-state index contributed by atoms with van der Waals surface area (Å²) in [6.07, 6.45) is 18.5. The number of rotatable bonds is 5. The highest BCUT2D eigenvalue weighted by Gasteiger charge is 2.26. The molecule has 0 aliphatic heterocycles. The number of hydrogen-bond donors (Lipinski definition) is 2. The Kier molecular flexibility index (Phi) is 8.87. The van der Waals surface area contributed by atoms with Gasteiger partial charge in [-0.05, 0) is 19.8 Å². The minimum absolute atomic E-state index is 0.0409. The summed E-state index contributed by atoms with van der Waals surface area (Å²) < 4.78 is 0. The Labute approximate surface area is 155 Å². The summed E-state index contributed by atoms with van der Waals surface area (Å²) in [6, 6.07) is 0.417. The van der Waals surface area contributed by atoms with Gasteiger partial charge in [0.05, 0.1) is 0 Å². The summed E-state index contributed by atoms with van der Waals surface area (Å²) in [5.74, 6) is 8.04. The Bertz CT molecular complexity index is 423. The Hall–Kier alpha value is -0.965. The topological polar surface area (TPSA) is 58.4 Å². The van der Waals surface area contributed by atoms with Crippen molar-refractivity contribution in [2.45, 2.75) is 109 Å². The molecule has 0 unspecified atom stereocenters. The van der Waals surface area contributed by atoms with Crippen LogP contribution in [0.3, 0.4) is 0 Å². The van der Waals surface area contributed by atoms with Crippen molar-refractivity contribution in [1.82, 2.24) is 10.3 Å². The summed E-state index contributed by atoms with van der Waals surface area (Å²) in [7, 11) is 1.44. The predicted molar refractivity (Wildman–Crippen MR) is 107 cm³/mol. The van der Waals surface area contributed by atoms with Crippen molar-refractivity contribution in [3.05, 3.63) is 11.9 Å². The number of nitrogens with one attached hydrogen (secondary N) is 1. The molecule has 25 heavy (non-hydrogen) atoms. The standard InChI is InChI=1S/C20H38BN3O/c1-16(23-17(2)25)15-24(22)20-13-11-19(12-14-20)21-18-9-7-5-3-4-6-8-10-18/h15,18-21H,3-14,22H2,1-2H3,(H,23,25)/b16-15+. The zero-order valence-corrected chi connectivity index (χ0v) is 16.4. The number of hydrogen-bond acceptors (Lipinski definition) is 3. The zero-order valence-electron chi connectivity index (χ0n) is 16.4. The van der Waals surface area contributed by atoms with Gasteiger partial charge in [0.2, 0.25) is 5.91 Å². The average molecular weight is 347 g/mol. The van der Waals surface area contributed by atoms with E-state index >= 15 is 0 Å². The maximum atomic E-state index is 11.1. The van der Waals surface area contributed by atoms with Crippen molar-refractivity contribution in [1.29, 1.82) is 0 Å². The molecule has 0 bridgehead atoms. The van der Waals surface area contributed by atoms with Crippen LogP contribution in [0.15, 0.2) is 11.9 Å². The highest BCUT2D eigenvalue weighted by molar-refractivity contribution is 6.39. The number of hydrazine groups is 1. The molecule has 142 valence electrons. The minimum atomic E-state index is -0.0409. The Morgan fingerprint density at radius 2 is 1.44 bits per heavy atom. The first kappa shape index (κ1) is 20.3. The first-order valence-corrected chi connectivity index (χ1v) is 10.5. The van der Waals surface area contributed by atoms with Gasteiger partial charge in [0.25, 0.3) is 0 Å². The summed E-state index contributed by atoms with van der Waals surface area (Å²) >= 11 is 0. The smallest absolute Gasteiger partial charge is 0.221 e. The lowest BCUT2D eigenvalue weighted by molar-refractivity contribution is -0.118. The van der Waals surface area contributed by atoms with Gasteiger partial charge in [0.1, 0.15) is 7.28 Å². The lowest BCUT2D eigenvalue weighted by Gasteiger charge is -2.34. The molecular formula is C20H38BN3O. The first-order chi connectivity index (χ1) is 12.0. The third kappa shape index (κ3) is 7.85. The normalized spacial score (nSPS) is 26.9. The van der Waals surface area contributed by atoms with Gasteiger partial charge < -0.3 is 10.3 Å². The van der Waals surface area contributed by atoms with Crippen LogP contribution in [0.2, 0.25) is 11.6 Å². The lowest BCUT2D eigenvalue weighted by atomic mass is 9.49. The largest absolute Gasteiger partial charge is 0.329 e. The molecule has 0 saturated heterocycles. The molecule has 4 nitrogen and oxygen atoms in total. The van der Waals surface area contributed by atoms with Crippen molar-refractivity contribution < 1.29 is 4.79 Å². The zero-order chi connectivity index (χ0) is 18.1. The van der Waals surface area contributed by atoms with Gasteiger partial charge in [0, 0.05) is 24.9 Å². The third-order valence-corrected chi connectivity index (χ3v) is 6.10. The second-order valence-corrected chi connectivity index (χ2v) is 8.42. The first-order valence-electron chi connectivity index (χ1n) is 10.5. The maximum Gasteiger partial charge on any atom is 0.221 e. The second-order valence-electron chi connectivity index (χ2n) is 8.42. The molecule has 0 aromatic carbocycles. The number of amides is 1. The Morgan fingerprint density at radius 1 is 0.920 bits per heavy atom. The molecule has 0 radical (unpaired) electrons. The van der Waals surface area contributed by atoms with Crippen LogP contribution in [0.4, 0.5) is 0 Å². The van der Waals surface area contributed by atoms with Crippen LogP contribution in [0.5, 0.6) is 0 Å². The molecule has 2 rings (SSSR count). The van der Waals surface area contributed by atoms with Crippen LogP contribution in [0.1, 0.15) is 90.9 Å². The van der Waals surface area contributed by atoms with E-state index < -0.39 is 0 Å². The Morgan fingerprint density at radius 3 is 2.00 bits per heavy atom. The lowest BCUT2D eigenvalue weighted by Crippen LogP contribution is -2.40. The Balaban J connectivity index is 1.73. The third-order valence-electron chi connectivity index (χ3n) is 6.10. The van der Waals surface area contributed by atoms with Gasteiger partial charge in [-0.15, -0.1) is 0 Å². The van der Waals surface area contributed by atoms with Crippen molar-refractivity contribution in [3.63, 3.8) is 0 Å². The molecule has 0 atom stereocenters. The van der Waals surface area contributed by atoms with Gasteiger partial charge in [-0.2, -0.15) is 0 Å². The maximum absolute atomic E-state index is 11.1. The fourth-order valence-electron chi connectivity index (χ4n) is 4.74. The van der Waals surface area contributed by atoms with Crippen molar-refractivity contribution >= 4 is 13.2 Å². The summed E-state index contributed by atoms with van der Waals surface area (Å²) in [6.45, 7) is 3.42. The van der Waals surface area contributed by atoms with E-state index in [0.29, 0.717) is 6.04 Å². The van der Waals surface area contributed by atoms with Gasteiger partial charge >= 0.3 is 0 Å². The molecule has 0 heterocycles. The van der Waals surface area contributed by atoms with Gasteiger partial charge in [-0.25, -0.2) is 5.84 Å². The van der Waals surface area contributed by atoms with Crippen LogP contribution >= 0.6 is 0 Å². The van der Waals surface area contributed by atoms with Crippen LogP contribution in [0, 0.1) is 0 Å². The van der Waals surface area contributed by atoms with E-state index in [4.69, 9.17) is 5.84 Å². The van der Waals surface area contributed by atoms with Gasteiger partial charge in [0.15, 0.2) is 0 Å². The highest BCUT2D eigenvalue weighted by atomic mass is 16.1. The van der Waals surface area contributed by atoms with E-state index in [9.17, 15) is 4.79 Å².